The third-order valence-electron chi connectivity index (χ3n) is 4.10. The summed E-state index contributed by atoms with van der Waals surface area (Å²) in [5.41, 5.74) is 6.84. The lowest BCUT2D eigenvalue weighted by atomic mass is 9.93. The topological polar surface area (TPSA) is 72.6 Å². The second kappa shape index (κ2) is 6.34. The summed E-state index contributed by atoms with van der Waals surface area (Å²) in [6.07, 6.45) is 1.83. The van der Waals surface area contributed by atoms with Crippen molar-refractivity contribution in [3.05, 3.63) is 23.8 Å². The van der Waals surface area contributed by atoms with Gasteiger partial charge in [-0.15, -0.1) is 0 Å². The van der Waals surface area contributed by atoms with E-state index in [-0.39, 0.29) is 16.9 Å². The molecule has 1 fully saturated rings. The van der Waals surface area contributed by atoms with Crippen LogP contribution < -0.4 is 10.5 Å². The number of rotatable bonds is 4. The summed E-state index contributed by atoms with van der Waals surface area (Å²) in [5, 5.41) is 0. The Labute approximate surface area is 127 Å². The molecule has 1 saturated heterocycles. The van der Waals surface area contributed by atoms with Crippen LogP contribution in [0.25, 0.3) is 0 Å². The fourth-order valence-electron chi connectivity index (χ4n) is 2.75. The molecular weight excluding hydrogens is 288 g/mol. The second-order valence-electron chi connectivity index (χ2n) is 5.78. The summed E-state index contributed by atoms with van der Waals surface area (Å²) >= 11 is 0. The van der Waals surface area contributed by atoms with Gasteiger partial charge in [0.25, 0.3) is 0 Å². The van der Waals surface area contributed by atoms with E-state index in [1.54, 1.807) is 16.4 Å². The molecule has 0 bridgehead atoms. The molecule has 0 saturated carbocycles. The summed E-state index contributed by atoms with van der Waals surface area (Å²) in [6, 6.07) is 5.22. The van der Waals surface area contributed by atoms with Crippen molar-refractivity contribution >= 4 is 10.0 Å². The molecule has 21 heavy (non-hydrogen) atoms. The van der Waals surface area contributed by atoms with Gasteiger partial charge in [0, 0.05) is 19.1 Å². The van der Waals surface area contributed by atoms with Gasteiger partial charge in [-0.05, 0) is 50.3 Å². The average molecular weight is 312 g/mol. The number of sulfonamides is 1. The van der Waals surface area contributed by atoms with Gasteiger partial charge in [0.2, 0.25) is 10.0 Å². The van der Waals surface area contributed by atoms with E-state index in [0.717, 1.165) is 18.4 Å². The molecule has 0 aliphatic carbocycles. The van der Waals surface area contributed by atoms with Gasteiger partial charge in [0.1, 0.15) is 10.6 Å². The molecule has 1 aliphatic heterocycles. The quantitative estimate of drug-likeness (QED) is 0.919. The van der Waals surface area contributed by atoms with Gasteiger partial charge in [0.05, 0.1) is 7.11 Å². The summed E-state index contributed by atoms with van der Waals surface area (Å²) < 4.78 is 32.5. The molecule has 1 heterocycles. The lowest BCUT2D eigenvalue weighted by Crippen LogP contribution is -2.45. The number of methoxy groups -OCH3 is 1. The van der Waals surface area contributed by atoms with Crippen molar-refractivity contribution in [3.8, 4) is 5.75 Å². The van der Waals surface area contributed by atoms with Crippen LogP contribution in [0.4, 0.5) is 0 Å². The van der Waals surface area contributed by atoms with Gasteiger partial charge < -0.3 is 10.5 Å². The molecule has 6 heteroatoms. The smallest absolute Gasteiger partial charge is 0.246 e. The first kappa shape index (κ1) is 16.3. The van der Waals surface area contributed by atoms with Crippen LogP contribution in [0.15, 0.2) is 23.1 Å². The van der Waals surface area contributed by atoms with Crippen LogP contribution >= 0.6 is 0 Å². The zero-order valence-electron chi connectivity index (χ0n) is 12.9. The third-order valence-corrected chi connectivity index (χ3v) is 5.99. The van der Waals surface area contributed by atoms with E-state index in [9.17, 15) is 8.42 Å². The van der Waals surface area contributed by atoms with Crippen LogP contribution in [0.2, 0.25) is 0 Å². The molecule has 1 aromatic carbocycles. The molecule has 2 rings (SSSR count). The van der Waals surface area contributed by atoms with Gasteiger partial charge in [0.15, 0.2) is 0 Å². The summed E-state index contributed by atoms with van der Waals surface area (Å²) in [7, 11) is -2.05. The lowest BCUT2D eigenvalue weighted by molar-refractivity contribution is 0.242. The first-order valence-corrected chi connectivity index (χ1v) is 8.70. The molecule has 2 atom stereocenters. The number of nitrogens with two attached hydrogens (primary N) is 1. The van der Waals surface area contributed by atoms with E-state index in [1.165, 1.54) is 7.11 Å². The van der Waals surface area contributed by atoms with E-state index >= 15 is 0 Å². The van der Waals surface area contributed by atoms with Crippen LogP contribution in [0.3, 0.4) is 0 Å². The Morgan fingerprint density at radius 2 is 2.14 bits per heavy atom. The molecule has 118 valence electrons. The van der Waals surface area contributed by atoms with Crippen molar-refractivity contribution in [2.75, 3.05) is 20.2 Å². The van der Waals surface area contributed by atoms with Crippen LogP contribution in [-0.4, -0.2) is 39.0 Å². The lowest BCUT2D eigenvalue weighted by Gasteiger charge is -2.34. The zero-order chi connectivity index (χ0) is 15.6. The normalized spacial score (nSPS) is 22.0. The summed E-state index contributed by atoms with van der Waals surface area (Å²) in [6.45, 7) is 4.84. The zero-order valence-corrected chi connectivity index (χ0v) is 13.7. The fraction of sp³-hybridized carbons (Fsp3) is 0.600. The highest BCUT2D eigenvalue weighted by Gasteiger charge is 2.33. The van der Waals surface area contributed by atoms with Crippen LogP contribution in [-0.2, 0) is 10.0 Å². The van der Waals surface area contributed by atoms with Crippen molar-refractivity contribution < 1.29 is 13.2 Å². The molecule has 2 N–H and O–H groups in total. The number of ether oxygens (including phenoxy) is 1. The van der Waals surface area contributed by atoms with Crippen LogP contribution in [0, 0.1) is 12.8 Å². The maximum Gasteiger partial charge on any atom is 0.246 e. The number of piperidine rings is 1. The third kappa shape index (κ3) is 3.39. The van der Waals surface area contributed by atoms with Gasteiger partial charge in [-0.25, -0.2) is 8.42 Å². The van der Waals surface area contributed by atoms with Crippen molar-refractivity contribution in [2.24, 2.45) is 11.7 Å². The number of hydrogen-bond acceptors (Lipinski definition) is 4. The highest BCUT2D eigenvalue weighted by atomic mass is 32.2. The monoisotopic (exact) mass is 312 g/mol. The minimum Gasteiger partial charge on any atom is -0.495 e. The Kier molecular flexibility index (Phi) is 4.91. The molecule has 1 aromatic rings. The van der Waals surface area contributed by atoms with E-state index in [0.29, 0.717) is 18.8 Å². The standard InChI is InChI=1S/C15H24N2O3S/c1-11-6-7-14(20-3)15(9-11)21(18,19)17-8-4-5-13(10-17)12(2)16/h6-7,9,12-13H,4-5,8,10,16H2,1-3H3/t12-,13+/m1/s1. The minimum atomic E-state index is -3.54. The predicted octanol–water partition coefficient (Wildman–Crippen LogP) is 1.75. The molecule has 0 spiro atoms. The first-order chi connectivity index (χ1) is 9.86. The van der Waals surface area contributed by atoms with E-state index in [4.69, 9.17) is 10.5 Å². The highest BCUT2D eigenvalue weighted by molar-refractivity contribution is 7.89. The number of benzene rings is 1. The fourth-order valence-corrected chi connectivity index (χ4v) is 4.52. The van der Waals surface area contributed by atoms with Crippen LogP contribution in [0.1, 0.15) is 25.3 Å². The largest absolute Gasteiger partial charge is 0.495 e. The Morgan fingerprint density at radius 1 is 1.43 bits per heavy atom. The Hall–Kier alpha value is -1.11. The van der Waals surface area contributed by atoms with Gasteiger partial charge in [-0.1, -0.05) is 6.07 Å². The molecule has 1 aliphatic rings. The second-order valence-corrected chi connectivity index (χ2v) is 7.69. The van der Waals surface area contributed by atoms with Gasteiger partial charge in [-0.2, -0.15) is 4.31 Å². The van der Waals surface area contributed by atoms with Crippen LogP contribution in [0.5, 0.6) is 5.75 Å². The maximum absolute atomic E-state index is 12.9. The average Bonchev–Trinajstić information content (AvgIpc) is 2.47. The van der Waals surface area contributed by atoms with Crippen molar-refractivity contribution in [2.45, 2.75) is 37.6 Å². The van der Waals surface area contributed by atoms with Gasteiger partial charge in [-0.3, -0.25) is 0 Å². The number of nitrogens with zero attached hydrogens (tertiary/aromatic N) is 1. The maximum atomic E-state index is 12.9. The van der Waals surface area contributed by atoms with Gasteiger partial charge >= 0.3 is 0 Å². The SMILES string of the molecule is COc1ccc(C)cc1S(=O)(=O)N1CCC[C@H]([C@@H](C)N)C1. The highest BCUT2D eigenvalue weighted by Crippen LogP contribution is 2.30. The first-order valence-electron chi connectivity index (χ1n) is 7.26. The summed E-state index contributed by atoms with van der Waals surface area (Å²) in [5.74, 6) is 0.604. The number of hydrogen-bond donors (Lipinski definition) is 1. The molecular formula is C15H24N2O3S. The van der Waals surface area contributed by atoms with Crippen molar-refractivity contribution in [1.82, 2.24) is 4.31 Å². The molecule has 0 radical (unpaired) electrons. The Morgan fingerprint density at radius 3 is 2.76 bits per heavy atom. The van der Waals surface area contributed by atoms with E-state index < -0.39 is 10.0 Å². The summed E-state index contributed by atoms with van der Waals surface area (Å²) in [4.78, 5) is 0.246. The number of aryl methyl sites for hydroxylation is 1. The molecule has 5 nitrogen and oxygen atoms in total. The Bertz CT molecular complexity index is 599. The minimum absolute atomic E-state index is 0.00223. The van der Waals surface area contributed by atoms with E-state index in [2.05, 4.69) is 0 Å². The predicted molar refractivity (Wildman–Crippen MR) is 82.9 cm³/mol. The van der Waals surface area contributed by atoms with Crippen molar-refractivity contribution in [3.63, 3.8) is 0 Å². The molecule has 0 aromatic heterocycles. The van der Waals surface area contributed by atoms with Crippen molar-refractivity contribution in [1.29, 1.82) is 0 Å². The molecule has 0 amide bonds. The van der Waals surface area contributed by atoms with E-state index in [1.807, 2.05) is 19.9 Å². The molecule has 0 unspecified atom stereocenters. The Balaban J connectivity index is 2.35.